The highest BCUT2D eigenvalue weighted by molar-refractivity contribution is 5.70. The van der Waals surface area contributed by atoms with E-state index in [1.165, 1.54) is 0 Å². The van der Waals surface area contributed by atoms with Crippen LogP contribution in [0.4, 0.5) is 0 Å². The summed E-state index contributed by atoms with van der Waals surface area (Å²) in [6.45, 7) is 4.33. The van der Waals surface area contributed by atoms with E-state index in [0.29, 0.717) is 12.8 Å². The van der Waals surface area contributed by atoms with Crippen molar-refractivity contribution in [3.05, 3.63) is 134 Å². The molecule has 2 atom stereocenters. The van der Waals surface area contributed by atoms with Crippen LogP contribution in [0.25, 0.3) is 0 Å². The second-order valence-electron chi connectivity index (χ2n) is 16.9. The van der Waals surface area contributed by atoms with E-state index in [4.69, 9.17) is 14.2 Å². The summed E-state index contributed by atoms with van der Waals surface area (Å²) in [5.41, 5.74) is 0. The second-order valence-corrected chi connectivity index (χ2v) is 16.9. The minimum absolute atomic E-state index is 0.00581. The lowest BCUT2D eigenvalue weighted by molar-refractivity contribution is -0.889. The topological polar surface area (TPSA) is 102 Å². The van der Waals surface area contributed by atoms with Crippen molar-refractivity contribution < 1.29 is 38.2 Å². The van der Waals surface area contributed by atoms with E-state index in [9.17, 15) is 19.5 Å². The maximum atomic E-state index is 12.8. The normalized spacial score (nSPS) is 14.0. The number of rotatable bonds is 42. The van der Waals surface area contributed by atoms with Gasteiger partial charge >= 0.3 is 11.9 Å². The Morgan fingerprint density at radius 1 is 0.462 bits per heavy atom. The lowest BCUT2D eigenvalue weighted by Gasteiger charge is -2.34. The van der Waals surface area contributed by atoms with Crippen LogP contribution in [0.3, 0.4) is 0 Å². The molecule has 0 aromatic rings. The molecule has 364 valence electrons. The summed E-state index contributed by atoms with van der Waals surface area (Å²) in [7, 11) is 5.37. The van der Waals surface area contributed by atoms with E-state index >= 15 is 0 Å². The number of likely N-dealkylation sites (N-methyl/N-ethyl adjacent to an activating group) is 1. The third-order valence-electron chi connectivity index (χ3n) is 10.0. The molecule has 0 aliphatic carbocycles. The second kappa shape index (κ2) is 46.0. The number of carboxylic acid groups (broad SMARTS) is 1. The largest absolute Gasteiger partial charge is 0.544 e. The van der Waals surface area contributed by atoms with Crippen LogP contribution in [0.2, 0.25) is 0 Å². The van der Waals surface area contributed by atoms with Gasteiger partial charge in [-0.25, -0.2) is 0 Å². The predicted octanol–water partition coefficient (Wildman–Crippen LogP) is 13.0. The number of allylic oxidation sites excluding steroid dienone is 22. The first-order valence-corrected chi connectivity index (χ1v) is 24.7. The predicted molar refractivity (Wildman–Crippen MR) is 272 cm³/mol. The Balaban J connectivity index is 4.45. The Hall–Kier alpha value is -4.53. The van der Waals surface area contributed by atoms with E-state index < -0.39 is 18.1 Å². The van der Waals surface area contributed by atoms with Crippen LogP contribution >= 0.6 is 0 Å². The summed E-state index contributed by atoms with van der Waals surface area (Å²) < 4.78 is 17.1. The molecule has 0 N–H and O–H groups in total. The van der Waals surface area contributed by atoms with E-state index in [1.54, 1.807) is 21.1 Å². The lowest BCUT2D eigenvalue weighted by atomic mass is 10.1. The molecule has 0 amide bonds. The van der Waals surface area contributed by atoms with E-state index in [2.05, 4.69) is 148 Å². The van der Waals surface area contributed by atoms with Crippen molar-refractivity contribution in [1.29, 1.82) is 0 Å². The fourth-order valence-electron chi connectivity index (χ4n) is 6.27. The van der Waals surface area contributed by atoms with Crippen molar-refractivity contribution in [3.63, 3.8) is 0 Å². The third kappa shape index (κ3) is 44.5. The Kier molecular flexibility index (Phi) is 42.8. The highest BCUT2D eigenvalue weighted by Crippen LogP contribution is 2.11. The molecule has 8 nitrogen and oxygen atoms in total. The number of nitrogens with zero attached hydrogens (tertiary/aromatic N) is 1. The van der Waals surface area contributed by atoms with Gasteiger partial charge in [0.25, 0.3) is 0 Å². The van der Waals surface area contributed by atoms with Gasteiger partial charge in [0, 0.05) is 19.3 Å². The Labute approximate surface area is 396 Å². The Morgan fingerprint density at radius 3 is 1.22 bits per heavy atom. The zero-order valence-electron chi connectivity index (χ0n) is 41.3. The number of quaternary nitrogens is 1. The van der Waals surface area contributed by atoms with Crippen LogP contribution in [0.5, 0.6) is 0 Å². The molecule has 0 heterocycles. The maximum absolute atomic E-state index is 12.8. The molecular weight excluding hydrogens is 811 g/mol. The lowest BCUT2D eigenvalue weighted by Crippen LogP contribution is -2.55. The summed E-state index contributed by atoms with van der Waals surface area (Å²) in [4.78, 5) is 37.0. The molecule has 0 spiro atoms. The highest BCUT2D eigenvalue weighted by atomic mass is 16.6. The van der Waals surface area contributed by atoms with E-state index in [-0.39, 0.29) is 55.5 Å². The van der Waals surface area contributed by atoms with Crippen LogP contribution in [0.15, 0.2) is 134 Å². The number of esters is 2. The van der Waals surface area contributed by atoms with Gasteiger partial charge in [0.2, 0.25) is 0 Å². The van der Waals surface area contributed by atoms with Crippen molar-refractivity contribution in [2.75, 3.05) is 41.0 Å². The van der Waals surface area contributed by atoms with Crippen LogP contribution in [0.1, 0.15) is 155 Å². The number of carbonyl (C=O) groups is 3. The molecule has 0 saturated heterocycles. The quantitative estimate of drug-likeness (QED) is 0.0260. The van der Waals surface area contributed by atoms with Gasteiger partial charge in [0.15, 0.2) is 6.10 Å². The first kappa shape index (κ1) is 60.5. The summed E-state index contributed by atoms with van der Waals surface area (Å²) in [5, 5.41) is 11.7. The zero-order valence-corrected chi connectivity index (χ0v) is 41.3. The maximum Gasteiger partial charge on any atom is 0.306 e. The number of carbonyl (C=O) groups excluding carboxylic acids is 3. The molecule has 0 bridgehead atoms. The number of hydrogen-bond donors (Lipinski definition) is 0. The summed E-state index contributed by atoms with van der Waals surface area (Å²) in [5.74, 6) is -1.84. The number of ether oxygens (including phenoxy) is 3. The van der Waals surface area contributed by atoms with Crippen LogP contribution in [-0.4, -0.2) is 75.5 Å². The van der Waals surface area contributed by atoms with Crippen molar-refractivity contribution in [1.82, 2.24) is 0 Å². The molecule has 0 aromatic carbocycles. The van der Waals surface area contributed by atoms with Crippen LogP contribution < -0.4 is 5.11 Å². The molecule has 0 rings (SSSR count). The fourth-order valence-corrected chi connectivity index (χ4v) is 6.27. The first-order valence-electron chi connectivity index (χ1n) is 24.7. The molecule has 0 aliphatic rings. The van der Waals surface area contributed by atoms with E-state index in [0.717, 1.165) is 109 Å². The summed E-state index contributed by atoms with van der Waals surface area (Å²) in [6.07, 6.45) is 66.2. The smallest absolute Gasteiger partial charge is 0.306 e. The van der Waals surface area contributed by atoms with Crippen LogP contribution in [-0.2, 0) is 28.6 Å². The van der Waals surface area contributed by atoms with Gasteiger partial charge in [-0.05, 0) is 109 Å². The molecular formula is C57H89NO7. The number of unbranched alkanes of at least 4 members (excludes halogenated alkanes) is 6. The van der Waals surface area contributed by atoms with Gasteiger partial charge in [0.05, 0.1) is 40.3 Å². The van der Waals surface area contributed by atoms with Crippen LogP contribution in [0, 0.1) is 0 Å². The average Bonchev–Trinajstić information content (AvgIpc) is 3.27. The standard InChI is InChI=1S/C57H89NO7/c1-6-8-10-12-14-16-18-20-22-24-26-28-30-31-33-35-37-39-41-43-45-47-55(59)64-52-53(51-63-50-49-54(57(61)62)58(3,4)5)65-56(60)48-46-44-42-40-38-36-34-32-29-27-25-23-21-19-17-15-13-11-9-7-2/h8-11,14-17,20-23,26-29,31,33-34,36-37,39,53-54H,6-7,12-13,18-19,24-25,30,32,35,38,40-52H2,1-5H3/b10-8+,11-9+,16-14+,17-15+,22-20+,23-21+,28-26+,29-27+,33-31+,36-34+,39-37+. The molecule has 0 saturated carbocycles. The average molecular weight is 900 g/mol. The number of hydrogen-bond acceptors (Lipinski definition) is 7. The van der Waals surface area contributed by atoms with Crippen molar-refractivity contribution in [2.45, 2.75) is 167 Å². The molecule has 2 unspecified atom stereocenters. The monoisotopic (exact) mass is 900 g/mol. The third-order valence-corrected chi connectivity index (χ3v) is 10.0. The summed E-state index contributed by atoms with van der Waals surface area (Å²) >= 11 is 0. The molecule has 8 heteroatoms. The van der Waals surface area contributed by atoms with Gasteiger partial charge in [0.1, 0.15) is 12.6 Å². The summed E-state index contributed by atoms with van der Waals surface area (Å²) in [6, 6.07) is -0.747. The van der Waals surface area contributed by atoms with Gasteiger partial charge in [-0.15, -0.1) is 0 Å². The number of aliphatic carboxylic acids is 1. The van der Waals surface area contributed by atoms with Gasteiger partial charge in [-0.3, -0.25) is 9.59 Å². The van der Waals surface area contributed by atoms with E-state index in [1.807, 2.05) is 0 Å². The first-order chi connectivity index (χ1) is 31.6. The van der Waals surface area contributed by atoms with Gasteiger partial charge < -0.3 is 28.6 Å². The zero-order chi connectivity index (χ0) is 47.7. The molecule has 65 heavy (non-hydrogen) atoms. The Bertz CT molecular complexity index is 1520. The van der Waals surface area contributed by atoms with Crippen molar-refractivity contribution in [2.24, 2.45) is 0 Å². The highest BCUT2D eigenvalue weighted by Gasteiger charge is 2.25. The molecule has 0 aliphatic heterocycles. The van der Waals surface area contributed by atoms with Gasteiger partial charge in [-0.2, -0.15) is 0 Å². The fraction of sp³-hybridized carbons (Fsp3) is 0.561. The minimum atomic E-state index is -1.14. The van der Waals surface area contributed by atoms with Gasteiger partial charge in [-0.1, -0.05) is 160 Å². The molecule has 0 radical (unpaired) electrons. The molecule has 0 aromatic heterocycles. The Morgan fingerprint density at radius 2 is 0.815 bits per heavy atom. The van der Waals surface area contributed by atoms with Crippen molar-refractivity contribution in [3.8, 4) is 0 Å². The van der Waals surface area contributed by atoms with Crippen molar-refractivity contribution >= 4 is 17.9 Å². The SMILES string of the molecule is CC/C=C/C/C=C/C/C=C/C/C=C/C/C=C/C/C=C/CCCCC(=O)OCC(COCCC(C(=O)[O-])[N+](C)(C)C)OC(=O)CCCCCC/C=C/C/C=C/C/C=C/C/C=C/C/C=C/CC. The number of carboxylic acids is 1. The minimum Gasteiger partial charge on any atom is -0.544 e. The molecule has 0 fully saturated rings.